The summed E-state index contributed by atoms with van der Waals surface area (Å²) >= 11 is 0. The van der Waals surface area contributed by atoms with E-state index in [1.165, 1.54) is 0 Å². The van der Waals surface area contributed by atoms with Gasteiger partial charge in [0.25, 0.3) is 0 Å². The number of nitrogens with one attached hydrogen (secondary N) is 2. The van der Waals surface area contributed by atoms with E-state index in [-0.39, 0.29) is 18.0 Å². The molecule has 5 nitrogen and oxygen atoms in total. The normalized spacial score (nSPS) is 12.1. The van der Waals surface area contributed by atoms with E-state index in [1.807, 2.05) is 26.8 Å². The highest BCUT2D eigenvalue weighted by Crippen LogP contribution is 2.23. The molecular formula is C14H23N3O2. The van der Waals surface area contributed by atoms with E-state index < -0.39 is 0 Å². The van der Waals surface area contributed by atoms with Crippen LogP contribution in [-0.4, -0.2) is 24.6 Å². The molecule has 0 aliphatic rings. The Bertz CT molecular complexity index is 433. The van der Waals surface area contributed by atoms with Crippen molar-refractivity contribution < 1.29 is 9.53 Å². The summed E-state index contributed by atoms with van der Waals surface area (Å²) in [6, 6.07) is 5.16. The molecule has 106 valence electrons. The molecule has 0 fully saturated rings. The first-order valence-corrected chi connectivity index (χ1v) is 6.52. The maximum absolute atomic E-state index is 11.8. The fourth-order valence-corrected chi connectivity index (χ4v) is 1.68. The lowest BCUT2D eigenvalue weighted by Crippen LogP contribution is -2.40. The molecule has 0 aromatic heterocycles. The van der Waals surface area contributed by atoms with Gasteiger partial charge in [-0.2, -0.15) is 0 Å². The fraction of sp³-hybridized carbons (Fsp3) is 0.500. The van der Waals surface area contributed by atoms with E-state index in [4.69, 9.17) is 10.5 Å². The molecule has 4 N–H and O–H groups in total. The van der Waals surface area contributed by atoms with Crippen LogP contribution in [0.1, 0.15) is 27.7 Å². The molecule has 5 heteroatoms. The summed E-state index contributed by atoms with van der Waals surface area (Å²) in [6.45, 7) is 8.15. The summed E-state index contributed by atoms with van der Waals surface area (Å²) in [7, 11) is 0. The van der Waals surface area contributed by atoms with Crippen LogP contribution in [0.5, 0.6) is 5.75 Å². The maximum Gasteiger partial charge on any atom is 0.242 e. The molecule has 0 aliphatic carbocycles. The standard InChI is InChI=1S/C14H23N3O2/c1-5-19-13-7-11(15)6-12(8-13)17-10(4)14(18)16-9(2)3/h6-10,17H,5,15H2,1-4H3,(H,16,18). The van der Waals surface area contributed by atoms with Crippen LogP contribution in [0.15, 0.2) is 18.2 Å². The number of hydrogen-bond donors (Lipinski definition) is 3. The molecule has 0 aliphatic heterocycles. The maximum atomic E-state index is 11.8. The summed E-state index contributed by atoms with van der Waals surface area (Å²) in [6.07, 6.45) is 0. The first-order valence-electron chi connectivity index (χ1n) is 6.52. The zero-order valence-corrected chi connectivity index (χ0v) is 12.0. The Morgan fingerprint density at radius 3 is 2.58 bits per heavy atom. The second-order valence-corrected chi connectivity index (χ2v) is 4.75. The van der Waals surface area contributed by atoms with E-state index in [0.29, 0.717) is 18.0 Å². The van der Waals surface area contributed by atoms with Crippen LogP contribution in [0.3, 0.4) is 0 Å². The van der Waals surface area contributed by atoms with Crippen LogP contribution in [0.25, 0.3) is 0 Å². The predicted molar refractivity (Wildman–Crippen MR) is 78.4 cm³/mol. The van der Waals surface area contributed by atoms with Gasteiger partial charge in [0.15, 0.2) is 0 Å². The lowest BCUT2D eigenvalue weighted by Gasteiger charge is -2.18. The number of hydrogen-bond acceptors (Lipinski definition) is 4. The summed E-state index contributed by atoms with van der Waals surface area (Å²) in [5, 5.41) is 5.97. The Morgan fingerprint density at radius 1 is 1.32 bits per heavy atom. The van der Waals surface area contributed by atoms with Gasteiger partial charge in [-0.3, -0.25) is 4.79 Å². The van der Waals surface area contributed by atoms with Crippen molar-refractivity contribution in [1.82, 2.24) is 5.32 Å². The molecule has 1 aromatic rings. The second kappa shape index (κ2) is 6.87. The molecule has 0 radical (unpaired) electrons. The third-order valence-corrected chi connectivity index (χ3v) is 2.45. The van der Waals surface area contributed by atoms with E-state index in [9.17, 15) is 4.79 Å². The highest BCUT2D eigenvalue weighted by Gasteiger charge is 2.13. The molecule has 0 bridgehead atoms. The summed E-state index contributed by atoms with van der Waals surface area (Å²) in [5.41, 5.74) is 7.18. The van der Waals surface area contributed by atoms with E-state index in [0.717, 1.165) is 5.69 Å². The SMILES string of the molecule is CCOc1cc(N)cc(NC(C)C(=O)NC(C)C)c1. The van der Waals surface area contributed by atoms with Crippen LogP contribution in [0.4, 0.5) is 11.4 Å². The second-order valence-electron chi connectivity index (χ2n) is 4.75. The van der Waals surface area contributed by atoms with E-state index >= 15 is 0 Å². The van der Waals surface area contributed by atoms with Gasteiger partial charge in [0.05, 0.1) is 6.61 Å². The molecule has 0 spiro atoms. The van der Waals surface area contributed by atoms with Crippen molar-refractivity contribution in [1.29, 1.82) is 0 Å². The minimum absolute atomic E-state index is 0.0459. The minimum atomic E-state index is -0.335. The van der Waals surface area contributed by atoms with Gasteiger partial charge in [-0.25, -0.2) is 0 Å². The van der Waals surface area contributed by atoms with Gasteiger partial charge in [-0.05, 0) is 33.8 Å². The van der Waals surface area contributed by atoms with Crippen LogP contribution in [0.2, 0.25) is 0 Å². The number of benzene rings is 1. The van der Waals surface area contributed by atoms with E-state index in [1.54, 1.807) is 19.1 Å². The number of ether oxygens (including phenoxy) is 1. The Hall–Kier alpha value is -1.91. The molecule has 1 aromatic carbocycles. The van der Waals surface area contributed by atoms with Crippen LogP contribution in [0, 0.1) is 0 Å². The fourth-order valence-electron chi connectivity index (χ4n) is 1.68. The van der Waals surface area contributed by atoms with Crippen molar-refractivity contribution in [3.05, 3.63) is 18.2 Å². The zero-order chi connectivity index (χ0) is 14.4. The molecular weight excluding hydrogens is 242 g/mol. The topological polar surface area (TPSA) is 76.4 Å². The largest absolute Gasteiger partial charge is 0.494 e. The van der Waals surface area contributed by atoms with Crippen LogP contribution in [-0.2, 0) is 4.79 Å². The molecule has 0 saturated heterocycles. The van der Waals surface area contributed by atoms with Gasteiger partial charge < -0.3 is 21.1 Å². The minimum Gasteiger partial charge on any atom is -0.494 e. The summed E-state index contributed by atoms with van der Waals surface area (Å²) < 4.78 is 5.41. The Balaban J connectivity index is 2.73. The van der Waals surface area contributed by atoms with Crippen molar-refractivity contribution in [3.8, 4) is 5.75 Å². The first kappa shape index (κ1) is 15.1. The lowest BCUT2D eigenvalue weighted by atomic mass is 10.2. The molecule has 1 atom stereocenters. The van der Waals surface area contributed by atoms with Crippen molar-refractivity contribution in [2.75, 3.05) is 17.7 Å². The van der Waals surface area contributed by atoms with Crippen LogP contribution < -0.4 is 21.1 Å². The molecule has 0 heterocycles. The number of nitrogens with two attached hydrogens (primary N) is 1. The quantitative estimate of drug-likeness (QED) is 0.688. The first-order chi connectivity index (χ1) is 8.92. The van der Waals surface area contributed by atoms with Gasteiger partial charge in [-0.15, -0.1) is 0 Å². The van der Waals surface area contributed by atoms with Gasteiger partial charge in [0.1, 0.15) is 11.8 Å². The van der Waals surface area contributed by atoms with Gasteiger partial charge >= 0.3 is 0 Å². The highest BCUT2D eigenvalue weighted by molar-refractivity contribution is 5.84. The molecule has 1 amide bonds. The Morgan fingerprint density at radius 2 is 2.00 bits per heavy atom. The molecule has 1 unspecified atom stereocenters. The monoisotopic (exact) mass is 265 g/mol. The molecule has 19 heavy (non-hydrogen) atoms. The third kappa shape index (κ3) is 5.07. The van der Waals surface area contributed by atoms with Crippen molar-refractivity contribution in [2.45, 2.75) is 39.8 Å². The third-order valence-electron chi connectivity index (χ3n) is 2.45. The van der Waals surface area contributed by atoms with Crippen molar-refractivity contribution >= 4 is 17.3 Å². The number of rotatable bonds is 6. The van der Waals surface area contributed by atoms with Gasteiger partial charge in [0.2, 0.25) is 5.91 Å². The molecule has 1 rings (SSSR count). The lowest BCUT2D eigenvalue weighted by molar-refractivity contribution is -0.122. The van der Waals surface area contributed by atoms with Crippen LogP contribution >= 0.6 is 0 Å². The van der Waals surface area contributed by atoms with Gasteiger partial charge in [0, 0.05) is 29.5 Å². The van der Waals surface area contributed by atoms with Gasteiger partial charge in [-0.1, -0.05) is 0 Å². The zero-order valence-electron chi connectivity index (χ0n) is 12.0. The number of nitrogen functional groups attached to an aromatic ring is 1. The van der Waals surface area contributed by atoms with E-state index in [2.05, 4.69) is 10.6 Å². The number of carbonyl (C=O) groups is 1. The number of anilines is 2. The summed E-state index contributed by atoms with van der Waals surface area (Å²) in [5.74, 6) is 0.650. The summed E-state index contributed by atoms with van der Waals surface area (Å²) in [4.78, 5) is 11.8. The van der Waals surface area contributed by atoms with Crippen molar-refractivity contribution in [3.63, 3.8) is 0 Å². The predicted octanol–water partition coefficient (Wildman–Crippen LogP) is 1.99. The Kier molecular flexibility index (Phi) is 5.48. The number of carbonyl (C=O) groups excluding carboxylic acids is 1. The highest BCUT2D eigenvalue weighted by atomic mass is 16.5. The van der Waals surface area contributed by atoms with Crippen molar-refractivity contribution in [2.24, 2.45) is 0 Å². The number of amides is 1. The average Bonchev–Trinajstić information content (AvgIpc) is 2.27. The smallest absolute Gasteiger partial charge is 0.242 e. The molecule has 0 saturated carbocycles. The Labute approximate surface area is 114 Å². The average molecular weight is 265 g/mol.